The monoisotopic (exact) mass is 485 g/mol. The lowest BCUT2D eigenvalue weighted by atomic mass is 10.2. The zero-order chi connectivity index (χ0) is 23.2. The molecule has 2 heterocycles. The van der Waals surface area contributed by atoms with Crippen molar-refractivity contribution in [3.63, 3.8) is 0 Å². The summed E-state index contributed by atoms with van der Waals surface area (Å²) >= 11 is 7.34. The maximum absolute atomic E-state index is 13.0. The molecule has 10 heteroatoms. The third-order valence-corrected chi connectivity index (χ3v) is 6.29. The maximum atomic E-state index is 13.0. The smallest absolute Gasteiger partial charge is 0.244 e. The number of carbonyl (C=O) groups is 2. The van der Waals surface area contributed by atoms with Gasteiger partial charge in [-0.3, -0.25) is 9.59 Å². The molecule has 1 aliphatic rings. The molecule has 4 rings (SSSR count). The predicted octanol–water partition coefficient (Wildman–Crippen LogP) is 4.10. The van der Waals surface area contributed by atoms with Gasteiger partial charge in [-0.25, -0.2) is 0 Å². The summed E-state index contributed by atoms with van der Waals surface area (Å²) < 4.78 is 7.47. The maximum Gasteiger partial charge on any atom is 0.244 e. The topological polar surface area (TPSA) is 89.4 Å². The first kappa shape index (κ1) is 23.3. The molecule has 0 aliphatic carbocycles. The molecule has 0 atom stereocenters. The molecule has 0 unspecified atom stereocenters. The van der Waals surface area contributed by atoms with E-state index in [9.17, 15) is 9.59 Å². The van der Waals surface area contributed by atoms with E-state index in [1.54, 1.807) is 6.07 Å². The van der Waals surface area contributed by atoms with Gasteiger partial charge in [-0.1, -0.05) is 35.5 Å². The standard InChI is InChI=1S/C23H24ClN5O3S/c1-2-32-13-5-12-28-22(16-8-10-17(24)11-9-16)26-27-23(28)33-15-21(31)29-14-20(30)25-18-6-3-4-7-19(18)29/h3-4,6-11H,2,5,12-15H2,1H3,(H,25,30). The third kappa shape index (κ3) is 5.55. The number of nitrogens with one attached hydrogen (secondary N) is 1. The fourth-order valence-corrected chi connectivity index (χ4v) is 4.51. The Kier molecular flexibility index (Phi) is 7.64. The Bertz CT molecular complexity index is 1140. The molecule has 0 saturated carbocycles. The molecule has 0 radical (unpaired) electrons. The fourth-order valence-electron chi connectivity index (χ4n) is 3.54. The summed E-state index contributed by atoms with van der Waals surface area (Å²) in [6.45, 7) is 3.89. The Hall–Kier alpha value is -2.88. The molecular formula is C23H24ClN5O3S. The van der Waals surface area contributed by atoms with E-state index < -0.39 is 0 Å². The van der Waals surface area contributed by atoms with E-state index in [-0.39, 0.29) is 24.1 Å². The van der Waals surface area contributed by atoms with E-state index in [1.807, 2.05) is 54.0 Å². The van der Waals surface area contributed by atoms with Crippen molar-refractivity contribution in [2.75, 3.05) is 35.7 Å². The molecule has 1 aromatic heterocycles. The van der Waals surface area contributed by atoms with Crippen molar-refractivity contribution in [1.29, 1.82) is 0 Å². The van der Waals surface area contributed by atoms with Crippen LogP contribution in [0.2, 0.25) is 5.02 Å². The number of anilines is 2. The lowest BCUT2D eigenvalue weighted by Gasteiger charge is -2.29. The van der Waals surface area contributed by atoms with Crippen LogP contribution in [0.1, 0.15) is 13.3 Å². The number of fused-ring (bicyclic) bond motifs is 1. The summed E-state index contributed by atoms with van der Waals surface area (Å²) in [5.74, 6) is 0.461. The second-order valence-corrected chi connectivity index (χ2v) is 8.73. The van der Waals surface area contributed by atoms with E-state index in [2.05, 4.69) is 15.5 Å². The lowest BCUT2D eigenvalue weighted by molar-refractivity contribution is -0.120. The second kappa shape index (κ2) is 10.8. The minimum Gasteiger partial charge on any atom is -0.382 e. The SMILES string of the molecule is CCOCCCn1c(SCC(=O)N2CC(=O)Nc3ccccc32)nnc1-c1ccc(Cl)cc1. The fraction of sp³-hybridized carbons (Fsp3) is 0.304. The van der Waals surface area contributed by atoms with Gasteiger partial charge in [0, 0.05) is 30.3 Å². The van der Waals surface area contributed by atoms with Crippen molar-refractivity contribution in [3.05, 3.63) is 53.6 Å². The summed E-state index contributed by atoms with van der Waals surface area (Å²) in [7, 11) is 0. The second-order valence-electron chi connectivity index (χ2n) is 7.35. The first-order chi connectivity index (χ1) is 16.1. The molecule has 172 valence electrons. The number of para-hydroxylation sites is 2. The van der Waals surface area contributed by atoms with Crippen molar-refractivity contribution in [1.82, 2.24) is 14.8 Å². The van der Waals surface area contributed by atoms with Gasteiger partial charge in [-0.05, 0) is 49.7 Å². The number of ether oxygens (including phenoxy) is 1. The average Bonchev–Trinajstić information content (AvgIpc) is 3.22. The molecule has 8 nitrogen and oxygen atoms in total. The van der Waals surface area contributed by atoms with Crippen LogP contribution >= 0.6 is 23.4 Å². The zero-order valence-corrected chi connectivity index (χ0v) is 19.7. The van der Waals surface area contributed by atoms with Gasteiger partial charge < -0.3 is 19.5 Å². The highest BCUT2D eigenvalue weighted by Gasteiger charge is 2.27. The van der Waals surface area contributed by atoms with Crippen LogP contribution in [0.4, 0.5) is 11.4 Å². The Labute approximate surface area is 201 Å². The third-order valence-electron chi connectivity index (χ3n) is 5.09. The quantitative estimate of drug-likeness (QED) is 0.362. The van der Waals surface area contributed by atoms with Crippen molar-refractivity contribution in [3.8, 4) is 11.4 Å². The Balaban J connectivity index is 1.52. The lowest BCUT2D eigenvalue weighted by Crippen LogP contribution is -2.43. The number of halogens is 1. The molecule has 2 amide bonds. The number of hydrogen-bond acceptors (Lipinski definition) is 6. The number of nitrogens with zero attached hydrogens (tertiary/aromatic N) is 4. The Morgan fingerprint density at radius 1 is 1.18 bits per heavy atom. The summed E-state index contributed by atoms with van der Waals surface area (Å²) in [6, 6.07) is 14.7. The molecule has 0 bridgehead atoms. The van der Waals surface area contributed by atoms with E-state index >= 15 is 0 Å². The number of hydrogen-bond donors (Lipinski definition) is 1. The minimum atomic E-state index is -0.212. The largest absolute Gasteiger partial charge is 0.382 e. The van der Waals surface area contributed by atoms with E-state index in [4.69, 9.17) is 16.3 Å². The number of rotatable bonds is 9. The summed E-state index contributed by atoms with van der Waals surface area (Å²) in [6.07, 6.45) is 0.785. The highest BCUT2D eigenvalue weighted by atomic mass is 35.5. The summed E-state index contributed by atoms with van der Waals surface area (Å²) in [4.78, 5) is 26.6. The van der Waals surface area contributed by atoms with E-state index in [1.165, 1.54) is 16.7 Å². The van der Waals surface area contributed by atoms with Crippen molar-refractivity contribution in [2.24, 2.45) is 0 Å². The van der Waals surface area contributed by atoms with Gasteiger partial charge in [0.15, 0.2) is 11.0 Å². The van der Waals surface area contributed by atoms with Crippen LogP contribution in [0.5, 0.6) is 0 Å². The van der Waals surface area contributed by atoms with Crippen molar-refractivity contribution in [2.45, 2.75) is 25.0 Å². The van der Waals surface area contributed by atoms with Gasteiger partial charge in [0.1, 0.15) is 6.54 Å². The van der Waals surface area contributed by atoms with Gasteiger partial charge in [-0.15, -0.1) is 10.2 Å². The molecule has 1 N–H and O–H groups in total. The van der Waals surface area contributed by atoms with E-state index in [0.717, 1.165) is 12.0 Å². The Morgan fingerprint density at radius 3 is 2.76 bits per heavy atom. The van der Waals surface area contributed by atoms with Crippen molar-refractivity contribution < 1.29 is 14.3 Å². The van der Waals surface area contributed by atoms with Gasteiger partial charge in [0.05, 0.1) is 17.1 Å². The molecule has 0 saturated heterocycles. The molecule has 1 aliphatic heterocycles. The predicted molar refractivity (Wildman–Crippen MR) is 130 cm³/mol. The van der Waals surface area contributed by atoms with Crippen LogP contribution < -0.4 is 10.2 Å². The highest BCUT2D eigenvalue weighted by molar-refractivity contribution is 7.99. The van der Waals surface area contributed by atoms with Crippen LogP contribution in [0.15, 0.2) is 53.7 Å². The number of benzene rings is 2. The summed E-state index contributed by atoms with van der Waals surface area (Å²) in [5, 5.41) is 12.8. The number of aromatic nitrogens is 3. The van der Waals surface area contributed by atoms with E-state index in [0.29, 0.717) is 47.1 Å². The number of thioether (sulfide) groups is 1. The van der Waals surface area contributed by atoms with Crippen LogP contribution in [0, 0.1) is 0 Å². The normalized spacial score (nSPS) is 13.0. The van der Waals surface area contributed by atoms with Crippen LogP contribution in [-0.2, 0) is 20.9 Å². The summed E-state index contributed by atoms with van der Waals surface area (Å²) in [5.41, 5.74) is 2.22. The molecule has 0 fully saturated rings. The molecule has 2 aromatic carbocycles. The molecule has 33 heavy (non-hydrogen) atoms. The number of amides is 2. The zero-order valence-electron chi connectivity index (χ0n) is 18.2. The first-order valence-corrected chi connectivity index (χ1v) is 12.0. The van der Waals surface area contributed by atoms with Crippen LogP contribution in [0.3, 0.4) is 0 Å². The average molecular weight is 486 g/mol. The van der Waals surface area contributed by atoms with Crippen LogP contribution in [-0.4, -0.2) is 52.1 Å². The molecular weight excluding hydrogens is 462 g/mol. The number of carbonyl (C=O) groups excluding carboxylic acids is 2. The van der Waals surface area contributed by atoms with Gasteiger partial charge in [0.2, 0.25) is 11.8 Å². The first-order valence-electron chi connectivity index (χ1n) is 10.7. The van der Waals surface area contributed by atoms with Crippen LogP contribution in [0.25, 0.3) is 11.4 Å². The van der Waals surface area contributed by atoms with Crippen molar-refractivity contribution >= 4 is 46.6 Å². The molecule has 3 aromatic rings. The Morgan fingerprint density at radius 2 is 1.97 bits per heavy atom. The van der Waals surface area contributed by atoms with Gasteiger partial charge in [0.25, 0.3) is 0 Å². The molecule has 0 spiro atoms. The minimum absolute atomic E-state index is 0.00647. The highest BCUT2D eigenvalue weighted by Crippen LogP contribution is 2.31. The van der Waals surface area contributed by atoms with Gasteiger partial charge >= 0.3 is 0 Å². The van der Waals surface area contributed by atoms with Gasteiger partial charge in [-0.2, -0.15) is 0 Å².